The van der Waals surface area contributed by atoms with Crippen LogP contribution >= 0.6 is 0 Å². The summed E-state index contributed by atoms with van der Waals surface area (Å²) in [6.45, 7) is 3.74. The molecule has 4 nitrogen and oxygen atoms in total. The van der Waals surface area contributed by atoms with Crippen molar-refractivity contribution in [2.45, 2.75) is 6.10 Å². The quantitative estimate of drug-likeness (QED) is 0.363. The van der Waals surface area contributed by atoms with Crippen LogP contribution in [0.3, 0.4) is 0 Å². The summed E-state index contributed by atoms with van der Waals surface area (Å²) < 4.78 is 10.3. The molecular weight excluding hydrogens is 338 g/mol. The molecule has 3 rings (SSSR count). The smallest absolute Gasteiger partial charge is 0.343 e. The van der Waals surface area contributed by atoms with Crippen molar-refractivity contribution in [3.63, 3.8) is 0 Å². The highest BCUT2D eigenvalue weighted by Crippen LogP contribution is 2.24. The highest BCUT2D eigenvalue weighted by molar-refractivity contribution is 5.83. The largest absolute Gasteiger partial charge is 0.415 e. The highest BCUT2D eigenvalue weighted by Gasteiger charge is 2.34. The second-order valence-corrected chi connectivity index (χ2v) is 5.52. The van der Waals surface area contributed by atoms with Crippen LogP contribution in [0.25, 0.3) is 16.9 Å². The van der Waals surface area contributed by atoms with Gasteiger partial charge < -0.3 is 9.47 Å². The standard InChI is InChI=1S/C23H13NO3/c1-2-3-4-5-6-21(27-23(25)22-16-26-22)20-13-11-19(12-14-20)18-9-7-17(15-24)8-10-18/h7-14,22H,1,16H2. The number of hydrogen-bond acceptors (Lipinski definition) is 4. The summed E-state index contributed by atoms with van der Waals surface area (Å²) in [5, 5.41) is 8.88. The first-order valence-corrected chi connectivity index (χ1v) is 8.05. The Labute approximate surface area is 156 Å². The van der Waals surface area contributed by atoms with E-state index in [0.29, 0.717) is 17.7 Å². The summed E-state index contributed by atoms with van der Waals surface area (Å²) in [5.74, 6) is -0.265. The van der Waals surface area contributed by atoms with Gasteiger partial charge in [0.25, 0.3) is 0 Å². The van der Waals surface area contributed by atoms with Gasteiger partial charge in [0, 0.05) is 5.56 Å². The number of nitriles is 1. The van der Waals surface area contributed by atoms with E-state index in [2.05, 4.69) is 41.3 Å². The third kappa shape index (κ3) is 4.76. The summed E-state index contributed by atoms with van der Waals surface area (Å²) >= 11 is 0. The minimum absolute atomic E-state index is 0.209. The van der Waals surface area contributed by atoms with Gasteiger partial charge in [-0.25, -0.2) is 4.79 Å². The van der Waals surface area contributed by atoms with Crippen LogP contribution < -0.4 is 0 Å². The SMILES string of the molecule is C=C=C=C=C=C=C(OC(=O)C1CO1)c1ccc(-c2ccc(C#N)cc2)cc1. The molecule has 1 fully saturated rings. The number of carbonyl (C=O) groups excluding carboxylic acids is 1. The van der Waals surface area contributed by atoms with Crippen molar-refractivity contribution in [1.82, 2.24) is 0 Å². The van der Waals surface area contributed by atoms with Gasteiger partial charge in [0.15, 0.2) is 11.9 Å². The second-order valence-electron chi connectivity index (χ2n) is 5.52. The molecule has 2 aromatic carbocycles. The molecule has 2 aromatic rings. The van der Waals surface area contributed by atoms with E-state index in [1.54, 1.807) is 12.1 Å². The van der Waals surface area contributed by atoms with Crippen molar-refractivity contribution in [2.75, 3.05) is 6.61 Å². The molecule has 0 bridgehead atoms. The van der Waals surface area contributed by atoms with Crippen LogP contribution in [0, 0.1) is 11.3 Å². The van der Waals surface area contributed by atoms with Gasteiger partial charge in [0.05, 0.1) is 18.2 Å². The lowest BCUT2D eigenvalue weighted by Gasteiger charge is -2.07. The molecule has 0 aliphatic carbocycles. The number of hydrogen-bond donors (Lipinski definition) is 0. The van der Waals surface area contributed by atoms with E-state index in [-0.39, 0.29) is 5.76 Å². The van der Waals surface area contributed by atoms with E-state index in [0.717, 1.165) is 11.1 Å². The first-order chi connectivity index (χ1) is 13.2. The van der Waals surface area contributed by atoms with E-state index >= 15 is 0 Å². The summed E-state index contributed by atoms with van der Waals surface area (Å²) in [7, 11) is 0. The van der Waals surface area contributed by atoms with Crippen molar-refractivity contribution in [3.05, 3.63) is 94.9 Å². The third-order valence-corrected chi connectivity index (χ3v) is 3.68. The molecule has 1 aliphatic heterocycles. The Hall–Kier alpha value is -4.00. The molecule has 1 saturated heterocycles. The zero-order valence-corrected chi connectivity index (χ0v) is 14.3. The van der Waals surface area contributed by atoms with Crippen LogP contribution in [-0.2, 0) is 14.3 Å². The van der Waals surface area contributed by atoms with Gasteiger partial charge in [-0.3, -0.25) is 0 Å². The maximum absolute atomic E-state index is 11.9. The minimum atomic E-state index is -0.521. The van der Waals surface area contributed by atoms with Gasteiger partial charge in [-0.15, -0.1) is 0 Å². The van der Waals surface area contributed by atoms with E-state index in [4.69, 9.17) is 14.7 Å². The van der Waals surface area contributed by atoms with Crippen molar-refractivity contribution in [1.29, 1.82) is 5.26 Å². The number of ether oxygens (including phenoxy) is 2. The van der Waals surface area contributed by atoms with Gasteiger partial charge in [0.1, 0.15) is 0 Å². The van der Waals surface area contributed by atoms with Gasteiger partial charge in [-0.05, 0) is 64.9 Å². The summed E-state index contributed by atoms with van der Waals surface area (Å²) in [6, 6.07) is 16.8. The van der Waals surface area contributed by atoms with Crippen molar-refractivity contribution >= 4 is 11.7 Å². The molecule has 4 heteroatoms. The predicted molar refractivity (Wildman–Crippen MR) is 99.0 cm³/mol. The highest BCUT2D eigenvalue weighted by atomic mass is 16.6. The van der Waals surface area contributed by atoms with Crippen LogP contribution in [0.2, 0.25) is 0 Å². The topological polar surface area (TPSA) is 62.6 Å². The van der Waals surface area contributed by atoms with Crippen LogP contribution in [0.5, 0.6) is 0 Å². The Balaban J connectivity index is 1.93. The molecule has 1 aliphatic rings. The average Bonchev–Trinajstić information content (AvgIpc) is 3.56. The molecule has 128 valence electrons. The van der Waals surface area contributed by atoms with Crippen LogP contribution in [0.15, 0.2) is 83.8 Å². The van der Waals surface area contributed by atoms with E-state index in [1.165, 1.54) is 0 Å². The van der Waals surface area contributed by atoms with E-state index < -0.39 is 12.1 Å². The molecular formula is C23H13NO3. The number of esters is 1. The first-order valence-electron chi connectivity index (χ1n) is 8.05. The van der Waals surface area contributed by atoms with E-state index in [1.807, 2.05) is 36.4 Å². The average molecular weight is 351 g/mol. The fraction of sp³-hybridized carbons (Fsp3) is 0.0870. The summed E-state index contributed by atoms with van der Waals surface area (Å²) in [4.78, 5) is 11.9. The molecule has 0 aromatic heterocycles. The minimum Gasteiger partial charge on any atom is -0.415 e. The number of rotatable bonds is 4. The van der Waals surface area contributed by atoms with Gasteiger partial charge in [0.2, 0.25) is 0 Å². The normalized spacial score (nSPS) is 13.5. The van der Waals surface area contributed by atoms with Gasteiger partial charge in [-0.2, -0.15) is 5.26 Å². The van der Waals surface area contributed by atoms with Gasteiger partial charge >= 0.3 is 5.97 Å². The molecule has 0 radical (unpaired) electrons. The number of carbonyl (C=O) groups is 1. The molecule has 0 saturated carbocycles. The molecule has 1 atom stereocenters. The van der Waals surface area contributed by atoms with Crippen molar-refractivity contribution in [2.24, 2.45) is 0 Å². The maximum Gasteiger partial charge on any atom is 0.343 e. The number of benzene rings is 2. The van der Waals surface area contributed by atoms with Crippen LogP contribution in [0.1, 0.15) is 11.1 Å². The lowest BCUT2D eigenvalue weighted by molar-refractivity contribution is -0.138. The molecule has 0 spiro atoms. The van der Waals surface area contributed by atoms with Crippen molar-refractivity contribution < 1.29 is 14.3 Å². The predicted octanol–water partition coefficient (Wildman–Crippen LogP) is 3.91. The summed E-state index contributed by atoms with van der Waals surface area (Å²) in [6.07, 6.45) is -0.521. The summed E-state index contributed by atoms with van der Waals surface area (Å²) in [5.41, 5.74) is 16.0. The zero-order chi connectivity index (χ0) is 19.1. The Morgan fingerprint density at radius 2 is 1.67 bits per heavy atom. The zero-order valence-electron chi connectivity index (χ0n) is 14.3. The number of epoxide rings is 1. The fourth-order valence-electron chi connectivity index (χ4n) is 2.22. The Kier molecular flexibility index (Phi) is 5.54. The molecule has 27 heavy (non-hydrogen) atoms. The molecule has 0 amide bonds. The fourth-order valence-corrected chi connectivity index (χ4v) is 2.22. The molecule has 0 N–H and O–H groups in total. The van der Waals surface area contributed by atoms with E-state index in [9.17, 15) is 4.79 Å². The van der Waals surface area contributed by atoms with Crippen LogP contribution in [-0.4, -0.2) is 18.7 Å². The number of nitrogens with zero attached hydrogens (tertiary/aromatic N) is 1. The van der Waals surface area contributed by atoms with Crippen LogP contribution in [0.4, 0.5) is 0 Å². The maximum atomic E-state index is 11.9. The first kappa shape index (κ1) is 17.8. The Morgan fingerprint density at radius 1 is 1.04 bits per heavy atom. The lowest BCUT2D eigenvalue weighted by atomic mass is 10.0. The van der Waals surface area contributed by atoms with Crippen molar-refractivity contribution in [3.8, 4) is 17.2 Å². The molecule has 1 unspecified atom stereocenters. The van der Waals surface area contributed by atoms with Gasteiger partial charge in [-0.1, -0.05) is 30.0 Å². The Bertz CT molecular complexity index is 1100. The third-order valence-electron chi connectivity index (χ3n) is 3.68. The second kappa shape index (κ2) is 8.39. The Morgan fingerprint density at radius 3 is 2.22 bits per heavy atom. The monoisotopic (exact) mass is 351 g/mol. The lowest BCUT2D eigenvalue weighted by Crippen LogP contribution is -2.10. The molecule has 1 heterocycles.